The number of phenols is 1. The van der Waals surface area contributed by atoms with Crippen molar-refractivity contribution in [2.24, 2.45) is 0 Å². The average Bonchev–Trinajstić information content (AvgIpc) is 2.45. The van der Waals surface area contributed by atoms with E-state index in [0.717, 1.165) is 5.75 Å². The largest absolute Gasteiger partial charge is 0.508 e. The number of carbonyl (C=O) groups excluding carboxylic acids is 1. The minimum atomic E-state index is -0.340. The molecule has 20 heavy (non-hydrogen) atoms. The van der Waals surface area contributed by atoms with Gasteiger partial charge in [-0.2, -0.15) is 0 Å². The first-order valence-electron chi connectivity index (χ1n) is 6.26. The third-order valence-corrected chi connectivity index (χ3v) is 2.50. The summed E-state index contributed by atoms with van der Waals surface area (Å²) in [6.07, 6.45) is 0. The van der Waals surface area contributed by atoms with Crippen LogP contribution in [0.4, 0.5) is 10.5 Å². The number of benzene rings is 2. The molecule has 0 radical (unpaired) electrons. The minimum absolute atomic E-state index is 0.107. The molecule has 5 heteroatoms. The molecule has 104 valence electrons. The zero-order valence-corrected chi connectivity index (χ0v) is 10.9. The minimum Gasteiger partial charge on any atom is -0.508 e. The number of carbonyl (C=O) groups is 1. The van der Waals surface area contributed by atoms with Gasteiger partial charge in [0.25, 0.3) is 0 Å². The molecule has 0 heterocycles. The molecule has 0 fully saturated rings. The average molecular weight is 272 g/mol. The first-order valence-corrected chi connectivity index (χ1v) is 6.26. The Kier molecular flexibility index (Phi) is 4.83. The Labute approximate surface area is 117 Å². The summed E-state index contributed by atoms with van der Waals surface area (Å²) in [6.45, 7) is 0.775. The second kappa shape index (κ2) is 7.04. The maximum atomic E-state index is 11.6. The number of urea groups is 1. The molecule has 0 unspecified atom stereocenters. The monoisotopic (exact) mass is 272 g/mol. The third kappa shape index (κ3) is 4.53. The van der Waals surface area contributed by atoms with E-state index in [1.54, 1.807) is 12.1 Å². The number of amides is 2. The number of hydrogen-bond acceptors (Lipinski definition) is 3. The van der Waals surface area contributed by atoms with Gasteiger partial charge in [0.05, 0.1) is 6.54 Å². The molecule has 2 amide bonds. The van der Waals surface area contributed by atoms with Crippen molar-refractivity contribution in [1.82, 2.24) is 5.32 Å². The predicted octanol–water partition coefficient (Wildman–Crippen LogP) is 2.59. The van der Waals surface area contributed by atoms with Crippen LogP contribution >= 0.6 is 0 Å². The Bertz CT molecular complexity index is 558. The highest BCUT2D eigenvalue weighted by Gasteiger charge is 2.01. The Balaban J connectivity index is 1.68. The summed E-state index contributed by atoms with van der Waals surface area (Å²) in [4.78, 5) is 11.6. The fourth-order valence-electron chi connectivity index (χ4n) is 1.61. The van der Waals surface area contributed by atoms with E-state index in [9.17, 15) is 9.90 Å². The van der Waals surface area contributed by atoms with Crippen molar-refractivity contribution in [2.75, 3.05) is 18.5 Å². The van der Waals surface area contributed by atoms with Gasteiger partial charge in [0, 0.05) is 11.8 Å². The lowest BCUT2D eigenvalue weighted by atomic mass is 10.3. The second-order valence-electron chi connectivity index (χ2n) is 4.09. The molecule has 3 N–H and O–H groups in total. The van der Waals surface area contributed by atoms with Crippen LogP contribution in [0.3, 0.4) is 0 Å². The van der Waals surface area contributed by atoms with Crippen LogP contribution in [-0.2, 0) is 0 Å². The molecule has 2 rings (SSSR count). The van der Waals surface area contributed by atoms with Gasteiger partial charge in [-0.25, -0.2) is 4.79 Å². The lowest BCUT2D eigenvalue weighted by molar-refractivity contribution is 0.247. The van der Waals surface area contributed by atoms with E-state index >= 15 is 0 Å². The number of nitrogens with one attached hydrogen (secondary N) is 2. The van der Waals surface area contributed by atoms with Gasteiger partial charge in [0.15, 0.2) is 0 Å². The van der Waals surface area contributed by atoms with Crippen molar-refractivity contribution in [3.8, 4) is 11.5 Å². The van der Waals surface area contributed by atoms with Crippen LogP contribution in [0, 0.1) is 0 Å². The summed E-state index contributed by atoms with van der Waals surface area (Å²) in [5.41, 5.74) is 0.534. The number of phenolic OH excluding ortho intramolecular Hbond substituents is 1. The van der Waals surface area contributed by atoms with E-state index in [2.05, 4.69) is 10.6 Å². The van der Waals surface area contributed by atoms with Crippen LogP contribution in [0.15, 0.2) is 54.6 Å². The maximum Gasteiger partial charge on any atom is 0.319 e. The molecular formula is C15H16N2O3. The molecule has 0 aliphatic heterocycles. The van der Waals surface area contributed by atoms with Gasteiger partial charge in [0.2, 0.25) is 0 Å². The molecule has 0 aliphatic carbocycles. The SMILES string of the molecule is O=C(NCCOc1ccccc1)Nc1cccc(O)c1. The van der Waals surface area contributed by atoms with Crippen LogP contribution in [-0.4, -0.2) is 24.3 Å². The standard InChI is InChI=1S/C15H16N2O3/c18-13-6-4-5-12(11-13)17-15(19)16-9-10-20-14-7-2-1-3-8-14/h1-8,11,18H,9-10H2,(H2,16,17,19). The number of para-hydroxylation sites is 1. The topological polar surface area (TPSA) is 70.6 Å². The van der Waals surface area contributed by atoms with Gasteiger partial charge >= 0.3 is 6.03 Å². The molecule has 2 aromatic rings. The van der Waals surface area contributed by atoms with Crippen molar-refractivity contribution in [2.45, 2.75) is 0 Å². The molecule has 0 saturated carbocycles. The zero-order chi connectivity index (χ0) is 14.2. The van der Waals surface area contributed by atoms with Crippen LogP contribution in [0.25, 0.3) is 0 Å². The van der Waals surface area contributed by atoms with E-state index in [1.165, 1.54) is 12.1 Å². The fourth-order valence-corrected chi connectivity index (χ4v) is 1.61. The predicted molar refractivity (Wildman–Crippen MR) is 77.1 cm³/mol. The Morgan fingerprint density at radius 2 is 1.90 bits per heavy atom. The summed E-state index contributed by atoms with van der Waals surface area (Å²) in [6, 6.07) is 15.4. The highest BCUT2D eigenvalue weighted by atomic mass is 16.5. The van der Waals surface area contributed by atoms with Gasteiger partial charge in [-0.05, 0) is 24.3 Å². The fraction of sp³-hybridized carbons (Fsp3) is 0.133. The highest BCUT2D eigenvalue weighted by Crippen LogP contribution is 2.14. The van der Waals surface area contributed by atoms with Gasteiger partial charge < -0.3 is 20.5 Å². The number of aromatic hydroxyl groups is 1. The number of hydrogen-bond donors (Lipinski definition) is 3. The smallest absolute Gasteiger partial charge is 0.319 e. The number of ether oxygens (including phenoxy) is 1. The van der Waals surface area contributed by atoms with Crippen molar-refractivity contribution in [3.63, 3.8) is 0 Å². The van der Waals surface area contributed by atoms with Crippen LogP contribution in [0.1, 0.15) is 0 Å². The molecule has 0 spiro atoms. The van der Waals surface area contributed by atoms with Gasteiger partial charge in [0.1, 0.15) is 18.1 Å². The van der Waals surface area contributed by atoms with Crippen molar-refractivity contribution in [3.05, 3.63) is 54.6 Å². The van der Waals surface area contributed by atoms with Crippen molar-refractivity contribution in [1.29, 1.82) is 0 Å². The Hall–Kier alpha value is -2.69. The van der Waals surface area contributed by atoms with E-state index in [-0.39, 0.29) is 11.8 Å². The Morgan fingerprint density at radius 3 is 2.65 bits per heavy atom. The summed E-state index contributed by atoms with van der Waals surface area (Å²) in [7, 11) is 0. The van der Waals surface area contributed by atoms with Crippen molar-refractivity contribution >= 4 is 11.7 Å². The quantitative estimate of drug-likeness (QED) is 0.733. The van der Waals surface area contributed by atoms with Gasteiger partial charge in [-0.15, -0.1) is 0 Å². The zero-order valence-electron chi connectivity index (χ0n) is 10.9. The molecule has 0 bridgehead atoms. The van der Waals surface area contributed by atoms with Crippen LogP contribution in [0.2, 0.25) is 0 Å². The maximum absolute atomic E-state index is 11.6. The highest BCUT2D eigenvalue weighted by molar-refractivity contribution is 5.89. The lowest BCUT2D eigenvalue weighted by Crippen LogP contribution is -2.32. The normalized spacial score (nSPS) is 9.80. The van der Waals surface area contributed by atoms with E-state index in [1.807, 2.05) is 30.3 Å². The first-order chi connectivity index (χ1) is 9.74. The number of rotatable bonds is 5. The summed E-state index contributed by atoms with van der Waals surface area (Å²) in [5.74, 6) is 0.873. The summed E-state index contributed by atoms with van der Waals surface area (Å²) in [5, 5.41) is 14.6. The van der Waals surface area contributed by atoms with E-state index in [4.69, 9.17) is 4.74 Å². The summed E-state index contributed by atoms with van der Waals surface area (Å²) >= 11 is 0. The van der Waals surface area contributed by atoms with E-state index < -0.39 is 0 Å². The van der Waals surface area contributed by atoms with Gasteiger partial charge in [-0.3, -0.25) is 0 Å². The van der Waals surface area contributed by atoms with Crippen molar-refractivity contribution < 1.29 is 14.6 Å². The van der Waals surface area contributed by atoms with Crippen LogP contribution < -0.4 is 15.4 Å². The molecule has 0 aliphatic rings. The molecule has 2 aromatic carbocycles. The Morgan fingerprint density at radius 1 is 1.10 bits per heavy atom. The van der Waals surface area contributed by atoms with Gasteiger partial charge in [-0.1, -0.05) is 24.3 Å². The lowest BCUT2D eigenvalue weighted by Gasteiger charge is -2.09. The third-order valence-electron chi connectivity index (χ3n) is 2.50. The molecular weight excluding hydrogens is 256 g/mol. The second-order valence-corrected chi connectivity index (χ2v) is 4.09. The van der Waals surface area contributed by atoms with Crippen LogP contribution in [0.5, 0.6) is 11.5 Å². The summed E-state index contributed by atoms with van der Waals surface area (Å²) < 4.78 is 5.44. The first kappa shape index (κ1) is 13.7. The molecule has 0 aromatic heterocycles. The van der Waals surface area contributed by atoms with E-state index in [0.29, 0.717) is 18.8 Å². The molecule has 5 nitrogen and oxygen atoms in total. The molecule has 0 atom stereocenters. The number of anilines is 1. The molecule has 0 saturated heterocycles.